The molecule has 1 aliphatic rings. The second-order valence-electron chi connectivity index (χ2n) is 9.46. The van der Waals surface area contributed by atoms with Gasteiger partial charge in [-0.15, -0.1) is 0 Å². The summed E-state index contributed by atoms with van der Waals surface area (Å²) in [7, 11) is 0. The number of hydrogen-bond acceptors (Lipinski definition) is 7. The van der Waals surface area contributed by atoms with E-state index in [1.807, 2.05) is 12.1 Å². The molecule has 0 atom stereocenters. The number of para-hydroxylation sites is 1. The highest BCUT2D eigenvalue weighted by Crippen LogP contribution is 2.32. The maximum atomic E-state index is 13.5. The molecule has 5 rings (SSSR count). The van der Waals surface area contributed by atoms with Crippen LogP contribution in [0.2, 0.25) is 0 Å². The average Bonchev–Trinajstić information content (AvgIpc) is 2.96. The van der Waals surface area contributed by atoms with Gasteiger partial charge in [0.2, 0.25) is 0 Å². The van der Waals surface area contributed by atoms with E-state index in [9.17, 15) is 24.8 Å². The van der Waals surface area contributed by atoms with E-state index in [4.69, 9.17) is 9.72 Å². The smallest absolute Gasteiger partial charge is 0.335 e. The minimum Gasteiger partial charge on any atom is -0.488 e. The van der Waals surface area contributed by atoms with E-state index in [1.54, 1.807) is 24.3 Å². The summed E-state index contributed by atoms with van der Waals surface area (Å²) in [6.45, 7) is 0.0323. The number of nitro groups is 1. The van der Waals surface area contributed by atoms with Gasteiger partial charge in [0, 0.05) is 23.6 Å². The Kier molecular flexibility index (Phi) is 7.44. The summed E-state index contributed by atoms with van der Waals surface area (Å²) < 4.78 is 7.22. The molecule has 10 nitrogen and oxygen atoms in total. The zero-order valence-corrected chi connectivity index (χ0v) is 21.0. The van der Waals surface area contributed by atoms with Crippen LogP contribution >= 0.6 is 0 Å². The molecule has 1 N–H and O–H groups in total. The SMILES string of the molecule is O=C(O)c1cccc(COc2ccc([N+](=O)[O-])cc2C=Nn2c(C3CCCCC3)nc3ccccc3c2=O)c1. The maximum Gasteiger partial charge on any atom is 0.335 e. The van der Waals surface area contributed by atoms with Crippen molar-refractivity contribution in [3.05, 3.63) is 110 Å². The molecule has 198 valence electrons. The number of aromatic carboxylic acids is 1. The zero-order chi connectivity index (χ0) is 27.4. The topological polar surface area (TPSA) is 137 Å². The van der Waals surface area contributed by atoms with Crippen LogP contribution in [0.4, 0.5) is 5.69 Å². The van der Waals surface area contributed by atoms with E-state index < -0.39 is 10.9 Å². The second kappa shape index (κ2) is 11.3. The van der Waals surface area contributed by atoms with Crippen molar-refractivity contribution in [1.29, 1.82) is 0 Å². The Labute approximate surface area is 223 Å². The van der Waals surface area contributed by atoms with Crippen LogP contribution in [0.25, 0.3) is 10.9 Å². The largest absolute Gasteiger partial charge is 0.488 e. The predicted octanol–water partition coefficient (Wildman–Crippen LogP) is 5.51. The van der Waals surface area contributed by atoms with Gasteiger partial charge in [0.1, 0.15) is 18.2 Å². The highest BCUT2D eigenvalue weighted by molar-refractivity contribution is 5.87. The van der Waals surface area contributed by atoms with Gasteiger partial charge in [-0.05, 0) is 48.7 Å². The summed E-state index contributed by atoms with van der Waals surface area (Å²) in [6, 6.07) is 17.5. The molecule has 0 spiro atoms. The van der Waals surface area contributed by atoms with Crippen LogP contribution in [-0.2, 0) is 6.61 Å². The normalized spacial score (nSPS) is 14.1. The Hall–Kier alpha value is -4.86. The van der Waals surface area contributed by atoms with E-state index in [0.717, 1.165) is 32.1 Å². The number of carboxylic acid groups (broad SMARTS) is 1. The number of carboxylic acids is 1. The lowest BCUT2D eigenvalue weighted by molar-refractivity contribution is -0.384. The molecule has 1 saturated carbocycles. The molecular formula is C29H26N4O6. The summed E-state index contributed by atoms with van der Waals surface area (Å²) >= 11 is 0. The van der Waals surface area contributed by atoms with E-state index in [1.165, 1.54) is 41.2 Å². The summed E-state index contributed by atoms with van der Waals surface area (Å²) in [5.41, 5.74) is 1.18. The molecule has 10 heteroatoms. The van der Waals surface area contributed by atoms with E-state index in [-0.39, 0.29) is 29.3 Å². The van der Waals surface area contributed by atoms with Crippen LogP contribution in [0.15, 0.2) is 76.6 Å². The molecule has 1 aromatic heterocycles. The number of rotatable bonds is 8. The van der Waals surface area contributed by atoms with Crippen LogP contribution in [-0.4, -0.2) is 31.9 Å². The molecular weight excluding hydrogens is 500 g/mol. The Balaban J connectivity index is 1.54. The minimum absolute atomic E-state index is 0.0323. The van der Waals surface area contributed by atoms with Gasteiger partial charge in [-0.1, -0.05) is 43.5 Å². The standard InChI is InChI=1S/C29H26N4O6/c34-28-24-11-4-5-12-25(24)31-27(20-8-2-1-3-9-20)32(28)30-17-22-16-23(33(37)38)13-14-26(22)39-18-19-7-6-10-21(15-19)29(35)36/h4-7,10-17,20H,1-3,8-9,18H2,(H,35,36). The fourth-order valence-electron chi connectivity index (χ4n) is 4.83. The van der Waals surface area contributed by atoms with Crippen LogP contribution < -0.4 is 10.3 Å². The lowest BCUT2D eigenvalue weighted by Crippen LogP contribution is -2.25. The van der Waals surface area contributed by atoms with Crippen LogP contribution in [0.5, 0.6) is 5.75 Å². The number of benzene rings is 3. The molecule has 39 heavy (non-hydrogen) atoms. The third kappa shape index (κ3) is 5.69. The number of nitro benzene ring substituents is 1. The van der Waals surface area contributed by atoms with Gasteiger partial charge in [0.25, 0.3) is 11.2 Å². The molecule has 3 aromatic carbocycles. The van der Waals surface area contributed by atoms with Crippen molar-refractivity contribution in [3.63, 3.8) is 0 Å². The second-order valence-corrected chi connectivity index (χ2v) is 9.46. The van der Waals surface area contributed by atoms with Gasteiger partial charge in [0.15, 0.2) is 0 Å². The van der Waals surface area contributed by atoms with Crippen LogP contribution in [0.1, 0.15) is 65.3 Å². The highest BCUT2D eigenvalue weighted by Gasteiger charge is 2.22. The van der Waals surface area contributed by atoms with Crippen molar-refractivity contribution in [2.45, 2.75) is 44.6 Å². The number of fused-ring (bicyclic) bond motifs is 1. The van der Waals surface area contributed by atoms with Crippen molar-refractivity contribution in [1.82, 2.24) is 9.66 Å². The fourth-order valence-corrected chi connectivity index (χ4v) is 4.83. The monoisotopic (exact) mass is 526 g/mol. The van der Waals surface area contributed by atoms with Crippen molar-refractivity contribution in [2.75, 3.05) is 0 Å². The fraction of sp³-hybridized carbons (Fsp3) is 0.241. The van der Waals surface area contributed by atoms with Crippen molar-refractivity contribution < 1.29 is 19.6 Å². The zero-order valence-electron chi connectivity index (χ0n) is 21.0. The van der Waals surface area contributed by atoms with Gasteiger partial charge in [-0.2, -0.15) is 9.78 Å². The first-order valence-electron chi connectivity index (χ1n) is 12.7. The summed E-state index contributed by atoms with van der Waals surface area (Å²) in [4.78, 5) is 40.6. The Morgan fingerprint density at radius 2 is 1.90 bits per heavy atom. The molecule has 1 fully saturated rings. The first-order valence-corrected chi connectivity index (χ1v) is 12.7. The summed E-state index contributed by atoms with van der Waals surface area (Å²) in [5.74, 6) is -0.0992. The molecule has 0 bridgehead atoms. The average molecular weight is 527 g/mol. The van der Waals surface area contributed by atoms with Crippen LogP contribution in [0.3, 0.4) is 0 Å². The molecule has 0 saturated heterocycles. The lowest BCUT2D eigenvalue weighted by Gasteiger charge is -2.22. The number of aromatic nitrogens is 2. The van der Waals surface area contributed by atoms with E-state index in [0.29, 0.717) is 33.6 Å². The van der Waals surface area contributed by atoms with Gasteiger partial charge < -0.3 is 9.84 Å². The molecule has 4 aromatic rings. The van der Waals surface area contributed by atoms with Gasteiger partial charge >= 0.3 is 5.97 Å². The number of nitrogens with zero attached hydrogens (tertiary/aromatic N) is 4. The number of ether oxygens (including phenoxy) is 1. The van der Waals surface area contributed by atoms with Crippen molar-refractivity contribution in [3.8, 4) is 5.75 Å². The predicted molar refractivity (Wildman–Crippen MR) is 146 cm³/mol. The molecule has 1 heterocycles. The molecule has 1 aliphatic carbocycles. The molecule has 0 amide bonds. The van der Waals surface area contributed by atoms with E-state index in [2.05, 4.69) is 5.10 Å². The third-order valence-corrected chi connectivity index (χ3v) is 6.83. The third-order valence-electron chi connectivity index (χ3n) is 6.83. The summed E-state index contributed by atoms with van der Waals surface area (Å²) in [5, 5.41) is 25.7. The van der Waals surface area contributed by atoms with E-state index >= 15 is 0 Å². The lowest BCUT2D eigenvalue weighted by atomic mass is 9.88. The van der Waals surface area contributed by atoms with Gasteiger partial charge in [-0.25, -0.2) is 9.78 Å². The highest BCUT2D eigenvalue weighted by atomic mass is 16.6. The number of hydrogen-bond donors (Lipinski definition) is 1. The van der Waals surface area contributed by atoms with Crippen molar-refractivity contribution in [2.24, 2.45) is 5.10 Å². The molecule has 0 unspecified atom stereocenters. The Bertz CT molecular complexity index is 1640. The maximum absolute atomic E-state index is 13.5. The number of non-ortho nitro benzene ring substituents is 1. The van der Waals surface area contributed by atoms with Gasteiger partial charge in [-0.3, -0.25) is 14.9 Å². The van der Waals surface area contributed by atoms with Gasteiger partial charge in [0.05, 0.1) is 27.6 Å². The van der Waals surface area contributed by atoms with Crippen molar-refractivity contribution >= 4 is 28.8 Å². The molecule has 0 radical (unpaired) electrons. The first-order chi connectivity index (χ1) is 18.9. The quantitative estimate of drug-likeness (QED) is 0.181. The summed E-state index contributed by atoms with van der Waals surface area (Å²) in [6.07, 6.45) is 6.41. The molecule has 0 aliphatic heterocycles. The number of carbonyl (C=O) groups is 1. The first kappa shape index (κ1) is 25.8. The van der Waals surface area contributed by atoms with Crippen LogP contribution in [0, 0.1) is 10.1 Å². The Morgan fingerprint density at radius 1 is 1.10 bits per heavy atom. The minimum atomic E-state index is -1.05. The Morgan fingerprint density at radius 3 is 2.67 bits per heavy atom.